The first-order valence-corrected chi connectivity index (χ1v) is 6.76. The molecule has 0 aliphatic carbocycles. The van der Waals surface area contributed by atoms with E-state index in [9.17, 15) is 4.79 Å². The van der Waals surface area contributed by atoms with Crippen LogP contribution in [0.25, 0.3) is 0 Å². The molecule has 1 aromatic heterocycles. The molecule has 0 N–H and O–H groups in total. The quantitative estimate of drug-likeness (QED) is 0.780. The van der Waals surface area contributed by atoms with Gasteiger partial charge in [0, 0.05) is 18.5 Å². The number of carbonyl (C=O) groups is 1. The molecule has 1 atom stereocenters. The van der Waals surface area contributed by atoms with Crippen LogP contribution in [-0.4, -0.2) is 38.9 Å². The highest BCUT2D eigenvalue weighted by Gasteiger charge is 2.30. The van der Waals surface area contributed by atoms with Crippen molar-refractivity contribution in [2.75, 3.05) is 12.4 Å². The van der Waals surface area contributed by atoms with Crippen LogP contribution in [0.3, 0.4) is 0 Å². The summed E-state index contributed by atoms with van der Waals surface area (Å²) in [5, 5.41) is 3.97. The Morgan fingerprint density at radius 3 is 3.19 bits per heavy atom. The Hall–Kier alpha value is -0.680. The van der Waals surface area contributed by atoms with Gasteiger partial charge in [-0.2, -0.15) is 0 Å². The lowest BCUT2D eigenvalue weighted by atomic mass is 10.2. The zero-order valence-electron chi connectivity index (χ0n) is 9.15. The fourth-order valence-electron chi connectivity index (χ4n) is 2.00. The van der Waals surface area contributed by atoms with Crippen LogP contribution in [0.4, 0.5) is 0 Å². The van der Waals surface area contributed by atoms with Gasteiger partial charge < -0.3 is 4.90 Å². The molecular weight excluding hydrogens is 246 g/mol. The van der Waals surface area contributed by atoms with Crippen LogP contribution in [0.1, 0.15) is 35.1 Å². The number of likely N-dealkylation sites (tertiary alicyclic amines) is 1. The lowest BCUT2D eigenvalue weighted by Gasteiger charge is -2.22. The van der Waals surface area contributed by atoms with Crippen LogP contribution in [-0.2, 0) is 6.42 Å². The van der Waals surface area contributed by atoms with Crippen molar-refractivity contribution in [3.05, 3.63) is 10.6 Å². The standard InChI is InChI=1S/C10H14ClN3OS/c1-2-8-9(16-13-12-8)10(15)14-5-3-4-7(14)6-11/h7H,2-6H2,1H3. The molecule has 4 nitrogen and oxygen atoms in total. The van der Waals surface area contributed by atoms with Gasteiger partial charge in [-0.25, -0.2) is 0 Å². The number of alkyl halides is 1. The number of rotatable bonds is 3. The van der Waals surface area contributed by atoms with Crippen molar-refractivity contribution >= 4 is 29.0 Å². The highest BCUT2D eigenvalue weighted by atomic mass is 35.5. The van der Waals surface area contributed by atoms with Gasteiger partial charge in [-0.1, -0.05) is 11.4 Å². The minimum Gasteiger partial charge on any atom is -0.334 e. The summed E-state index contributed by atoms with van der Waals surface area (Å²) < 4.78 is 3.85. The Labute approximate surface area is 104 Å². The second kappa shape index (κ2) is 5.10. The third-order valence-corrected chi connectivity index (χ3v) is 4.01. The van der Waals surface area contributed by atoms with Crippen LogP contribution in [0.15, 0.2) is 0 Å². The molecule has 6 heteroatoms. The monoisotopic (exact) mass is 259 g/mol. The molecule has 2 rings (SSSR count). The normalized spacial score (nSPS) is 20.4. The summed E-state index contributed by atoms with van der Waals surface area (Å²) >= 11 is 7.05. The number of hydrogen-bond acceptors (Lipinski definition) is 4. The minimum atomic E-state index is 0.0509. The molecule has 0 saturated carbocycles. The molecule has 1 fully saturated rings. The maximum Gasteiger partial charge on any atom is 0.267 e. The van der Waals surface area contributed by atoms with Crippen molar-refractivity contribution in [2.45, 2.75) is 32.2 Å². The molecule has 1 saturated heterocycles. The Bertz CT molecular complexity index is 382. The molecule has 1 aromatic rings. The highest BCUT2D eigenvalue weighted by Crippen LogP contribution is 2.23. The first-order chi connectivity index (χ1) is 7.77. The van der Waals surface area contributed by atoms with E-state index < -0.39 is 0 Å². The Morgan fingerprint density at radius 1 is 1.69 bits per heavy atom. The maximum atomic E-state index is 12.3. The van der Waals surface area contributed by atoms with Gasteiger partial charge in [-0.05, 0) is 30.8 Å². The summed E-state index contributed by atoms with van der Waals surface area (Å²) in [4.78, 5) is 14.8. The Balaban J connectivity index is 2.18. The molecule has 0 aromatic carbocycles. The average molecular weight is 260 g/mol. The van der Waals surface area contributed by atoms with Crippen LogP contribution in [0.5, 0.6) is 0 Å². The molecule has 0 bridgehead atoms. The van der Waals surface area contributed by atoms with E-state index in [1.807, 2.05) is 11.8 Å². The fourth-order valence-corrected chi connectivity index (χ4v) is 3.02. The molecule has 1 unspecified atom stereocenters. The number of carbonyl (C=O) groups excluding carboxylic acids is 1. The summed E-state index contributed by atoms with van der Waals surface area (Å²) in [6.07, 6.45) is 2.79. The largest absolute Gasteiger partial charge is 0.334 e. The topological polar surface area (TPSA) is 46.1 Å². The van der Waals surface area contributed by atoms with Crippen LogP contribution >= 0.6 is 23.1 Å². The van der Waals surface area contributed by atoms with E-state index >= 15 is 0 Å². The summed E-state index contributed by atoms with van der Waals surface area (Å²) in [7, 11) is 0. The van der Waals surface area contributed by atoms with Crippen molar-refractivity contribution in [1.82, 2.24) is 14.5 Å². The molecule has 1 amide bonds. The third kappa shape index (κ3) is 2.06. The van der Waals surface area contributed by atoms with Crippen molar-refractivity contribution in [3.8, 4) is 0 Å². The SMILES string of the molecule is CCc1nnsc1C(=O)N1CCCC1CCl. The average Bonchev–Trinajstić information content (AvgIpc) is 2.96. The summed E-state index contributed by atoms with van der Waals surface area (Å²) in [6.45, 7) is 2.79. The molecule has 0 spiro atoms. The number of aromatic nitrogens is 2. The fraction of sp³-hybridized carbons (Fsp3) is 0.700. The molecule has 0 radical (unpaired) electrons. The molecule has 88 valence electrons. The van der Waals surface area contributed by atoms with E-state index in [1.54, 1.807) is 0 Å². The smallest absolute Gasteiger partial charge is 0.267 e. The number of halogens is 1. The predicted molar refractivity (Wildman–Crippen MR) is 64.1 cm³/mol. The summed E-state index contributed by atoms with van der Waals surface area (Å²) in [5.74, 6) is 0.564. The molecule has 1 aliphatic heterocycles. The predicted octanol–water partition coefficient (Wildman–Crippen LogP) is 1.94. The number of nitrogens with zero attached hydrogens (tertiary/aromatic N) is 3. The van der Waals surface area contributed by atoms with E-state index in [-0.39, 0.29) is 11.9 Å². The van der Waals surface area contributed by atoms with E-state index in [0.29, 0.717) is 10.8 Å². The molecule has 2 heterocycles. The Morgan fingerprint density at radius 2 is 2.50 bits per heavy atom. The highest BCUT2D eigenvalue weighted by molar-refractivity contribution is 7.08. The lowest BCUT2D eigenvalue weighted by Crippen LogP contribution is -2.36. The van der Waals surface area contributed by atoms with Crippen molar-refractivity contribution in [2.24, 2.45) is 0 Å². The van der Waals surface area contributed by atoms with Crippen molar-refractivity contribution in [3.63, 3.8) is 0 Å². The van der Waals surface area contributed by atoms with Gasteiger partial charge >= 0.3 is 0 Å². The van der Waals surface area contributed by atoms with Crippen molar-refractivity contribution in [1.29, 1.82) is 0 Å². The van der Waals surface area contributed by atoms with Gasteiger partial charge in [0.2, 0.25) is 0 Å². The van der Waals surface area contributed by atoms with E-state index in [4.69, 9.17) is 11.6 Å². The second-order valence-electron chi connectivity index (χ2n) is 3.85. The number of amides is 1. The van der Waals surface area contributed by atoms with Crippen LogP contribution in [0, 0.1) is 0 Å². The molecular formula is C10H14ClN3OS. The van der Waals surface area contributed by atoms with Gasteiger partial charge in [0.25, 0.3) is 5.91 Å². The summed E-state index contributed by atoms with van der Waals surface area (Å²) in [5.41, 5.74) is 0.801. The van der Waals surface area contributed by atoms with Crippen molar-refractivity contribution < 1.29 is 4.79 Å². The zero-order valence-corrected chi connectivity index (χ0v) is 10.7. The summed E-state index contributed by atoms with van der Waals surface area (Å²) in [6, 6.07) is 0.181. The van der Waals surface area contributed by atoms with Gasteiger partial charge in [-0.3, -0.25) is 4.79 Å². The third-order valence-electron chi connectivity index (χ3n) is 2.90. The van der Waals surface area contributed by atoms with Gasteiger partial charge in [0.1, 0.15) is 4.88 Å². The van der Waals surface area contributed by atoms with Gasteiger partial charge in [-0.15, -0.1) is 16.7 Å². The van der Waals surface area contributed by atoms with E-state index in [0.717, 1.165) is 31.5 Å². The van der Waals surface area contributed by atoms with Gasteiger partial charge in [0.05, 0.1) is 5.69 Å². The zero-order chi connectivity index (χ0) is 11.5. The number of hydrogen-bond donors (Lipinski definition) is 0. The first kappa shape index (κ1) is 11.8. The minimum absolute atomic E-state index is 0.0509. The Kier molecular flexibility index (Phi) is 3.76. The van der Waals surface area contributed by atoms with E-state index in [1.165, 1.54) is 11.5 Å². The van der Waals surface area contributed by atoms with Crippen LogP contribution in [0.2, 0.25) is 0 Å². The van der Waals surface area contributed by atoms with E-state index in [2.05, 4.69) is 9.59 Å². The molecule has 16 heavy (non-hydrogen) atoms. The first-order valence-electron chi connectivity index (χ1n) is 5.46. The number of aryl methyl sites for hydroxylation is 1. The second-order valence-corrected chi connectivity index (χ2v) is 4.91. The van der Waals surface area contributed by atoms with Crippen LogP contribution < -0.4 is 0 Å². The molecule has 1 aliphatic rings. The maximum absolute atomic E-state index is 12.3. The van der Waals surface area contributed by atoms with Gasteiger partial charge in [0.15, 0.2) is 0 Å². The lowest BCUT2D eigenvalue weighted by molar-refractivity contribution is 0.0753.